The highest BCUT2D eigenvalue weighted by molar-refractivity contribution is 7.89. The Hall–Kier alpha value is -2.95. The summed E-state index contributed by atoms with van der Waals surface area (Å²) in [4.78, 5) is 10.2. The van der Waals surface area contributed by atoms with Crippen molar-refractivity contribution in [3.8, 4) is 12.1 Å². The topological polar surface area (TPSA) is 149 Å². The third-order valence-electron chi connectivity index (χ3n) is 3.37. The smallest absolute Gasteiger partial charge is 0.275 e. The van der Waals surface area contributed by atoms with E-state index in [1.54, 1.807) is 12.1 Å². The van der Waals surface area contributed by atoms with Gasteiger partial charge in [-0.15, -0.1) is 0 Å². The van der Waals surface area contributed by atoms with Crippen LogP contribution in [0.4, 0.5) is 11.4 Å². The molecule has 1 aromatic rings. The Morgan fingerprint density at radius 1 is 1.38 bits per heavy atom. The molecule has 0 spiro atoms. The van der Waals surface area contributed by atoms with Gasteiger partial charge < -0.3 is 5.32 Å². The fraction of sp³-hybridized carbons (Fsp3) is 0.286. The van der Waals surface area contributed by atoms with Gasteiger partial charge in [-0.05, 0) is 25.8 Å². The average molecular weight is 347 g/mol. The van der Waals surface area contributed by atoms with E-state index in [2.05, 4.69) is 10.0 Å². The van der Waals surface area contributed by atoms with Crippen LogP contribution in [0, 0.1) is 39.7 Å². The van der Waals surface area contributed by atoms with Crippen molar-refractivity contribution in [1.29, 1.82) is 10.5 Å². The zero-order valence-electron chi connectivity index (χ0n) is 12.6. The molecule has 1 aliphatic rings. The van der Waals surface area contributed by atoms with Crippen LogP contribution < -0.4 is 10.0 Å². The lowest BCUT2D eigenvalue weighted by Crippen LogP contribution is -2.26. The van der Waals surface area contributed by atoms with Crippen LogP contribution in [0.25, 0.3) is 0 Å². The van der Waals surface area contributed by atoms with Crippen LogP contribution in [0.3, 0.4) is 0 Å². The van der Waals surface area contributed by atoms with Crippen molar-refractivity contribution in [2.75, 3.05) is 5.32 Å². The number of anilines is 1. The largest absolute Gasteiger partial charge is 0.359 e. The minimum Gasteiger partial charge on any atom is -0.359 e. The number of nitrogens with zero attached hydrogens (tertiary/aromatic N) is 3. The monoisotopic (exact) mass is 347 g/mol. The zero-order valence-corrected chi connectivity index (χ0v) is 13.4. The molecule has 1 fully saturated rings. The molecule has 124 valence electrons. The number of rotatable bonds is 6. The maximum atomic E-state index is 12.3. The highest BCUT2D eigenvalue weighted by atomic mass is 32.2. The lowest BCUT2D eigenvalue weighted by molar-refractivity contribution is -0.385. The summed E-state index contributed by atoms with van der Waals surface area (Å²) in [7, 11) is -3.89. The van der Waals surface area contributed by atoms with Crippen LogP contribution in [-0.4, -0.2) is 19.4 Å². The second-order valence-corrected chi connectivity index (χ2v) is 6.91. The van der Waals surface area contributed by atoms with Crippen molar-refractivity contribution in [3.05, 3.63) is 39.6 Å². The first kappa shape index (κ1) is 17.4. The molecule has 0 aliphatic heterocycles. The summed E-state index contributed by atoms with van der Waals surface area (Å²) in [6.45, 7) is 1.44. The molecule has 0 atom stereocenters. The van der Waals surface area contributed by atoms with Crippen LogP contribution in [0.15, 0.2) is 28.8 Å². The van der Waals surface area contributed by atoms with Gasteiger partial charge in [-0.25, -0.2) is 13.1 Å². The van der Waals surface area contributed by atoms with Crippen molar-refractivity contribution in [3.63, 3.8) is 0 Å². The maximum absolute atomic E-state index is 12.3. The molecule has 10 heteroatoms. The molecule has 24 heavy (non-hydrogen) atoms. The molecule has 2 rings (SSSR count). The minimum absolute atomic E-state index is 0.128. The van der Waals surface area contributed by atoms with Crippen LogP contribution in [-0.2, 0) is 10.0 Å². The van der Waals surface area contributed by atoms with Gasteiger partial charge in [0.2, 0.25) is 10.0 Å². The summed E-state index contributed by atoms with van der Waals surface area (Å²) in [6.07, 6.45) is 2.53. The molecular weight excluding hydrogens is 334 g/mol. The predicted molar refractivity (Wildman–Crippen MR) is 84.1 cm³/mol. The van der Waals surface area contributed by atoms with E-state index in [0.717, 1.165) is 25.1 Å². The Morgan fingerprint density at radius 2 is 2.00 bits per heavy atom. The van der Waals surface area contributed by atoms with Crippen molar-refractivity contribution >= 4 is 21.4 Å². The fourth-order valence-electron chi connectivity index (χ4n) is 1.90. The predicted octanol–water partition coefficient (Wildman–Crippen LogP) is 1.69. The molecule has 2 N–H and O–H groups in total. The first-order chi connectivity index (χ1) is 11.3. The number of nitrogens with one attached hydrogen (secondary N) is 2. The van der Waals surface area contributed by atoms with Gasteiger partial charge in [0.15, 0.2) is 0 Å². The van der Waals surface area contributed by atoms with Gasteiger partial charge in [-0.1, -0.05) is 0 Å². The summed E-state index contributed by atoms with van der Waals surface area (Å²) >= 11 is 0. The SMILES string of the molecule is Cc1c(NC=C(C#N)C#N)cc(S(=O)(=O)NC2CC2)cc1[N+](=O)[O-]. The average Bonchev–Trinajstić information content (AvgIpc) is 3.32. The highest BCUT2D eigenvalue weighted by Crippen LogP contribution is 2.31. The number of nitriles is 2. The number of hydrogen-bond donors (Lipinski definition) is 2. The Kier molecular flexibility index (Phi) is 4.83. The van der Waals surface area contributed by atoms with Crippen molar-refractivity contribution in [2.45, 2.75) is 30.7 Å². The van der Waals surface area contributed by atoms with E-state index < -0.39 is 14.9 Å². The van der Waals surface area contributed by atoms with E-state index in [1.165, 1.54) is 13.0 Å². The Morgan fingerprint density at radius 3 is 2.50 bits per heavy atom. The van der Waals surface area contributed by atoms with Crippen molar-refractivity contribution in [1.82, 2.24) is 4.72 Å². The van der Waals surface area contributed by atoms with Gasteiger partial charge in [0.05, 0.1) is 15.4 Å². The third kappa shape index (κ3) is 3.87. The summed E-state index contributed by atoms with van der Waals surface area (Å²) < 4.78 is 27.0. The molecule has 0 amide bonds. The van der Waals surface area contributed by atoms with E-state index >= 15 is 0 Å². The summed E-state index contributed by atoms with van der Waals surface area (Å²) in [5.74, 6) is 0. The van der Waals surface area contributed by atoms with Crippen LogP contribution in [0.1, 0.15) is 18.4 Å². The number of allylic oxidation sites excluding steroid dienone is 1. The normalized spacial score (nSPS) is 13.5. The quantitative estimate of drug-likeness (QED) is 0.451. The van der Waals surface area contributed by atoms with E-state index in [9.17, 15) is 18.5 Å². The number of benzene rings is 1. The molecule has 0 radical (unpaired) electrons. The van der Waals surface area contributed by atoms with Gasteiger partial charge in [0, 0.05) is 24.0 Å². The van der Waals surface area contributed by atoms with E-state index in [0.29, 0.717) is 0 Å². The first-order valence-corrected chi connectivity index (χ1v) is 8.35. The van der Waals surface area contributed by atoms with E-state index in [4.69, 9.17) is 10.5 Å². The summed E-state index contributed by atoms with van der Waals surface area (Å²) in [5, 5.41) is 31.2. The number of hydrogen-bond acceptors (Lipinski definition) is 7. The molecule has 0 bridgehead atoms. The van der Waals surface area contributed by atoms with Gasteiger partial charge in [0.25, 0.3) is 5.69 Å². The molecule has 0 unspecified atom stereocenters. The first-order valence-electron chi connectivity index (χ1n) is 6.86. The third-order valence-corrected chi connectivity index (χ3v) is 4.87. The van der Waals surface area contributed by atoms with E-state index in [-0.39, 0.29) is 33.4 Å². The van der Waals surface area contributed by atoms with Crippen molar-refractivity contribution < 1.29 is 13.3 Å². The molecular formula is C14H13N5O4S. The van der Waals surface area contributed by atoms with Gasteiger partial charge >= 0.3 is 0 Å². The van der Waals surface area contributed by atoms with Crippen LogP contribution in [0.2, 0.25) is 0 Å². The maximum Gasteiger partial charge on any atom is 0.275 e. The fourth-order valence-corrected chi connectivity index (χ4v) is 3.25. The van der Waals surface area contributed by atoms with Crippen molar-refractivity contribution in [2.24, 2.45) is 0 Å². The second kappa shape index (κ2) is 6.66. The van der Waals surface area contributed by atoms with Gasteiger partial charge in [-0.3, -0.25) is 10.1 Å². The zero-order chi connectivity index (χ0) is 17.9. The molecule has 9 nitrogen and oxygen atoms in total. The Bertz CT molecular complexity index is 888. The van der Waals surface area contributed by atoms with Gasteiger partial charge in [-0.2, -0.15) is 10.5 Å². The summed E-state index contributed by atoms with van der Waals surface area (Å²) in [6, 6.07) is 5.34. The number of nitro benzene ring substituents is 1. The lowest BCUT2D eigenvalue weighted by atomic mass is 10.1. The van der Waals surface area contributed by atoms with Crippen LogP contribution in [0.5, 0.6) is 0 Å². The highest BCUT2D eigenvalue weighted by Gasteiger charge is 2.30. The molecule has 1 saturated carbocycles. The number of nitro groups is 1. The van der Waals surface area contributed by atoms with Crippen LogP contribution >= 0.6 is 0 Å². The van der Waals surface area contributed by atoms with E-state index in [1.807, 2.05) is 0 Å². The molecule has 1 aromatic carbocycles. The Balaban J connectivity index is 2.50. The molecule has 1 aliphatic carbocycles. The summed E-state index contributed by atoms with van der Waals surface area (Å²) in [5.41, 5.74) is -0.304. The van der Waals surface area contributed by atoms with Gasteiger partial charge in [0.1, 0.15) is 17.7 Å². The number of sulfonamides is 1. The standard InChI is InChI=1S/C14H13N5O4S/c1-9-13(17-8-10(6-15)7-16)4-12(5-14(9)19(20)21)24(22,23)18-11-2-3-11/h4-5,8,11,17-18H,2-3H2,1H3. The molecule has 0 heterocycles. The minimum atomic E-state index is -3.89. The molecule has 0 aromatic heterocycles. The second-order valence-electron chi connectivity index (χ2n) is 5.19. The lowest BCUT2D eigenvalue weighted by Gasteiger charge is -2.11. The molecule has 0 saturated heterocycles. The Labute approximate surface area is 138 Å².